The maximum absolute atomic E-state index is 12.0. The summed E-state index contributed by atoms with van der Waals surface area (Å²) in [5.41, 5.74) is 1.10. The van der Waals surface area contributed by atoms with Crippen LogP contribution in [0.15, 0.2) is 36.4 Å². The second-order valence-electron chi connectivity index (χ2n) is 3.83. The largest absolute Gasteiger partial charge is 0.495 e. The molecule has 6 heteroatoms. The Bertz CT molecular complexity index is 695. The summed E-state index contributed by atoms with van der Waals surface area (Å²) < 4.78 is 5.14. The molecule has 1 amide bonds. The fourth-order valence-electron chi connectivity index (χ4n) is 1.59. The van der Waals surface area contributed by atoms with Crippen LogP contribution in [0.1, 0.15) is 16.1 Å². The van der Waals surface area contributed by atoms with Crippen molar-refractivity contribution in [1.29, 1.82) is 5.26 Å². The van der Waals surface area contributed by atoms with Crippen LogP contribution in [0, 0.1) is 11.3 Å². The van der Waals surface area contributed by atoms with Crippen LogP contribution in [0.5, 0.6) is 5.75 Å². The number of hydrogen-bond acceptors (Lipinski definition) is 4. The Balaban J connectivity index is 2.26. The van der Waals surface area contributed by atoms with Crippen molar-refractivity contribution in [3.05, 3.63) is 52.8 Å². The Morgan fingerprint density at radius 1 is 1.40 bits per heavy atom. The zero-order valence-corrected chi connectivity index (χ0v) is 11.3. The highest BCUT2D eigenvalue weighted by molar-refractivity contribution is 6.29. The number of rotatable bonds is 3. The quantitative estimate of drug-likeness (QED) is 0.881. The molecule has 0 saturated heterocycles. The normalized spacial score (nSPS) is 9.65. The third-order valence-corrected chi connectivity index (χ3v) is 2.74. The van der Waals surface area contributed by atoms with E-state index in [2.05, 4.69) is 10.3 Å². The monoisotopic (exact) mass is 287 g/mol. The van der Waals surface area contributed by atoms with E-state index in [1.807, 2.05) is 6.07 Å². The molecule has 1 N–H and O–H groups in total. The van der Waals surface area contributed by atoms with Gasteiger partial charge in [-0.05, 0) is 24.3 Å². The van der Waals surface area contributed by atoms with Crippen LogP contribution in [0.2, 0.25) is 5.15 Å². The van der Waals surface area contributed by atoms with Crippen molar-refractivity contribution in [2.45, 2.75) is 0 Å². The van der Waals surface area contributed by atoms with Gasteiger partial charge in [0.1, 0.15) is 16.6 Å². The van der Waals surface area contributed by atoms with Gasteiger partial charge in [0, 0.05) is 6.07 Å². The fraction of sp³-hybridized carbons (Fsp3) is 0.0714. The standard InChI is InChI=1S/C14H10ClN3O2/c1-20-12-7-9(8-16)5-6-10(12)18-14(19)11-3-2-4-13(15)17-11/h2-7H,1H3,(H,18,19). The van der Waals surface area contributed by atoms with Crippen molar-refractivity contribution in [2.75, 3.05) is 12.4 Å². The lowest BCUT2D eigenvalue weighted by Crippen LogP contribution is -2.14. The summed E-state index contributed by atoms with van der Waals surface area (Å²) in [4.78, 5) is 16.0. The van der Waals surface area contributed by atoms with Gasteiger partial charge < -0.3 is 10.1 Å². The molecule has 2 rings (SSSR count). The predicted octanol–water partition coefficient (Wildman–Crippen LogP) is 2.87. The van der Waals surface area contributed by atoms with E-state index in [0.29, 0.717) is 17.0 Å². The zero-order valence-electron chi connectivity index (χ0n) is 10.6. The van der Waals surface area contributed by atoms with Crippen LogP contribution < -0.4 is 10.1 Å². The number of pyridine rings is 1. The predicted molar refractivity (Wildman–Crippen MR) is 74.9 cm³/mol. The van der Waals surface area contributed by atoms with Crippen molar-refractivity contribution >= 4 is 23.2 Å². The van der Waals surface area contributed by atoms with E-state index in [9.17, 15) is 4.79 Å². The molecular formula is C14H10ClN3O2. The van der Waals surface area contributed by atoms with Gasteiger partial charge in [-0.25, -0.2) is 4.98 Å². The number of aromatic nitrogens is 1. The average molecular weight is 288 g/mol. The molecule has 0 bridgehead atoms. The zero-order chi connectivity index (χ0) is 14.5. The summed E-state index contributed by atoms with van der Waals surface area (Å²) in [5, 5.41) is 11.7. The first-order chi connectivity index (χ1) is 9.63. The summed E-state index contributed by atoms with van der Waals surface area (Å²) in [7, 11) is 1.46. The molecule has 0 unspecified atom stereocenters. The number of anilines is 1. The minimum absolute atomic E-state index is 0.198. The Morgan fingerprint density at radius 3 is 2.85 bits per heavy atom. The maximum atomic E-state index is 12.0. The molecule has 0 saturated carbocycles. The van der Waals surface area contributed by atoms with Crippen molar-refractivity contribution in [2.24, 2.45) is 0 Å². The first-order valence-electron chi connectivity index (χ1n) is 5.66. The van der Waals surface area contributed by atoms with Crippen LogP contribution in [-0.2, 0) is 0 Å². The second-order valence-corrected chi connectivity index (χ2v) is 4.21. The number of halogens is 1. The number of amides is 1. The number of carbonyl (C=O) groups excluding carboxylic acids is 1. The van der Waals surface area contributed by atoms with Gasteiger partial charge in [0.15, 0.2) is 0 Å². The first-order valence-corrected chi connectivity index (χ1v) is 6.04. The molecule has 0 atom stereocenters. The average Bonchev–Trinajstić information content (AvgIpc) is 2.47. The number of nitrogens with one attached hydrogen (secondary N) is 1. The van der Waals surface area contributed by atoms with Crippen LogP contribution in [0.4, 0.5) is 5.69 Å². The molecule has 0 aliphatic carbocycles. The van der Waals surface area contributed by atoms with E-state index in [4.69, 9.17) is 21.6 Å². The highest BCUT2D eigenvalue weighted by Crippen LogP contribution is 2.25. The molecule has 0 aliphatic rings. The van der Waals surface area contributed by atoms with E-state index in [-0.39, 0.29) is 10.8 Å². The smallest absolute Gasteiger partial charge is 0.274 e. The van der Waals surface area contributed by atoms with E-state index in [0.717, 1.165) is 0 Å². The molecule has 0 radical (unpaired) electrons. The van der Waals surface area contributed by atoms with Gasteiger partial charge >= 0.3 is 0 Å². The number of nitrogens with zero attached hydrogens (tertiary/aromatic N) is 2. The molecule has 20 heavy (non-hydrogen) atoms. The Hall–Kier alpha value is -2.58. The van der Waals surface area contributed by atoms with Gasteiger partial charge in [-0.3, -0.25) is 4.79 Å². The fourth-order valence-corrected chi connectivity index (χ4v) is 1.75. The number of nitriles is 1. The number of hydrogen-bond donors (Lipinski definition) is 1. The Labute approximate surface area is 120 Å². The van der Waals surface area contributed by atoms with Gasteiger partial charge in [-0.15, -0.1) is 0 Å². The SMILES string of the molecule is COc1cc(C#N)ccc1NC(=O)c1cccc(Cl)n1. The molecular weight excluding hydrogens is 278 g/mol. The third kappa shape index (κ3) is 3.05. The highest BCUT2D eigenvalue weighted by atomic mass is 35.5. The maximum Gasteiger partial charge on any atom is 0.274 e. The topological polar surface area (TPSA) is 75.0 Å². The van der Waals surface area contributed by atoms with Gasteiger partial charge in [-0.2, -0.15) is 5.26 Å². The molecule has 2 aromatic rings. The first kappa shape index (κ1) is 13.8. The molecule has 0 spiro atoms. The molecule has 0 aliphatic heterocycles. The van der Waals surface area contributed by atoms with Crippen LogP contribution in [0.3, 0.4) is 0 Å². The molecule has 5 nitrogen and oxygen atoms in total. The van der Waals surface area contributed by atoms with Crippen LogP contribution >= 0.6 is 11.6 Å². The lowest BCUT2D eigenvalue weighted by molar-refractivity contribution is 0.102. The number of ether oxygens (including phenoxy) is 1. The summed E-state index contributed by atoms with van der Waals surface area (Å²) in [5.74, 6) is -0.00469. The van der Waals surface area contributed by atoms with Crippen molar-refractivity contribution in [3.63, 3.8) is 0 Å². The van der Waals surface area contributed by atoms with Crippen molar-refractivity contribution in [3.8, 4) is 11.8 Å². The van der Waals surface area contributed by atoms with E-state index in [1.54, 1.807) is 36.4 Å². The second kappa shape index (κ2) is 6.04. The van der Waals surface area contributed by atoms with Gasteiger partial charge in [-0.1, -0.05) is 17.7 Å². The molecule has 1 heterocycles. The summed E-state index contributed by atoms with van der Waals surface area (Å²) in [6.07, 6.45) is 0. The van der Waals surface area contributed by atoms with Crippen LogP contribution in [0.25, 0.3) is 0 Å². The molecule has 1 aromatic heterocycles. The Kier molecular flexibility index (Phi) is 4.18. The number of benzene rings is 1. The van der Waals surface area contributed by atoms with Gasteiger partial charge in [0.25, 0.3) is 5.91 Å². The lowest BCUT2D eigenvalue weighted by Gasteiger charge is -2.10. The molecule has 0 fully saturated rings. The van der Waals surface area contributed by atoms with Crippen molar-refractivity contribution in [1.82, 2.24) is 4.98 Å². The highest BCUT2D eigenvalue weighted by Gasteiger charge is 2.11. The minimum atomic E-state index is -0.407. The molecule has 100 valence electrons. The number of methoxy groups -OCH3 is 1. The van der Waals surface area contributed by atoms with E-state index < -0.39 is 5.91 Å². The van der Waals surface area contributed by atoms with E-state index in [1.165, 1.54) is 7.11 Å². The van der Waals surface area contributed by atoms with Gasteiger partial charge in [0.2, 0.25) is 0 Å². The molecule has 1 aromatic carbocycles. The Morgan fingerprint density at radius 2 is 2.20 bits per heavy atom. The summed E-state index contributed by atoms with van der Waals surface area (Å²) in [6, 6.07) is 11.5. The summed E-state index contributed by atoms with van der Waals surface area (Å²) in [6.45, 7) is 0. The lowest BCUT2D eigenvalue weighted by atomic mass is 10.2. The minimum Gasteiger partial charge on any atom is -0.495 e. The third-order valence-electron chi connectivity index (χ3n) is 2.53. The van der Waals surface area contributed by atoms with Gasteiger partial charge in [0.05, 0.1) is 24.4 Å². The number of carbonyl (C=O) groups is 1. The van der Waals surface area contributed by atoms with Crippen molar-refractivity contribution < 1.29 is 9.53 Å². The summed E-state index contributed by atoms with van der Waals surface area (Å²) >= 11 is 5.74. The van der Waals surface area contributed by atoms with E-state index >= 15 is 0 Å². The van der Waals surface area contributed by atoms with Crippen LogP contribution in [-0.4, -0.2) is 18.0 Å².